The molecule has 5 nitrogen and oxygen atoms in total. The summed E-state index contributed by atoms with van der Waals surface area (Å²) in [6, 6.07) is 6.37. The molecule has 20 heavy (non-hydrogen) atoms. The van der Waals surface area contributed by atoms with Gasteiger partial charge in [-0.15, -0.1) is 0 Å². The molecule has 1 saturated heterocycles. The first-order valence-electron chi connectivity index (χ1n) is 6.47. The summed E-state index contributed by atoms with van der Waals surface area (Å²) in [6.45, 7) is 5.66. The number of ketones is 1. The molecule has 2 rings (SSSR count). The summed E-state index contributed by atoms with van der Waals surface area (Å²) in [5, 5.41) is 0. The van der Waals surface area contributed by atoms with Crippen LogP contribution in [0.4, 0.5) is 0 Å². The molecule has 1 fully saturated rings. The molecule has 1 aromatic carbocycles. The van der Waals surface area contributed by atoms with Crippen molar-refractivity contribution in [2.24, 2.45) is 0 Å². The van der Waals surface area contributed by atoms with E-state index in [2.05, 4.69) is 0 Å². The van der Waals surface area contributed by atoms with Crippen LogP contribution in [-0.2, 0) is 14.2 Å². The van der Waals surface area contributed by atoms with Gasteiger partial charge < -0.3 is 14.2 Å². The molecule has 1 aliphatic heterocycles. The lowest BCUT2D eigenvalue weighted by Gasteiger charge is -2.17. The Morgan fingerprint density at radius 3 is 2.35 bits per heavy atom. The smallest absolute Gasteiger partial charge is 0.338 e. The van der Waals surface area contributed by atoms with E-state index in [1.165, 1.54) is 6.92 Å². The predicted molar refractivity (Wildman–Crippen MR) is 71.6 cm³/mol. The fraction of sp³-hybridized carbons (Fsp3) is 0.467. The highest BCUT2D eigenvalue weighted by molar-refractivity contribution is 5.96. The second-order valence-corrected chi connectivity index (χ2v) is 5.18. The standard InChI is InChI=1S/C15H18O5/c1-10(16)11-4-6-12(7-5-11)14(17)18-8-13-9-19-15(2,3)20-13/h4-7,13H,8-9H2,1-3H3. The van der Waals surface area contributed by atoms with Crippen LogP contribution in [0.3, 0.4) is 0 Å². The summed E-state index contributed by atoms with van der Waals surface area (Å²) in [4.78, 5) is 23.0. The molecule has 0 aromatic heterocycles. The highest BCUT2D eigenvalue weighted by atomic mass is 16.7. The SMILES string of the molecule is CC(=O)c1ccc(C(=O)OCC2COC(C)(C)O2)cc1. The highest BCUT2D eigenvalue weighted by Gasteiger charge is 2.33. The van der Waals surface area contributed by atoms with Crippen molar-refractivity contribution in [3.8, 4) is 0 Å². The van der Waals surface area contributed by atoms with Crippen molar-refractivity contribution >= 4 is 11.8 Å². The second kappa shape index (κ2) is 5.73. The van der Waals surface area contributed by atoms with Crippen LogP contribution in [0.5, 0.6) is 0 Å². The Hall–Kier alpha value is -1.72. The molecule has 108 valence electrons. The molecular weight excluding hydrogens is 260 g/mol. The lowest BCUT2D eigenvalue weighted by atomic mass is 10.1. The maximum atomic E-state index is 11.8. The summed E-state index contributed by atoms with van der Waals surface area (Å²) in [6.07, 6.45) is -0.245. The predicted octanol–water partition coefficient (Wildman–Crippen LogP) is 2.20. The van der Waals surface area contributed by atoms with Crippen molar-refractivity contribution in [2.75, 3.05) is 13.2 Å². The molecule has 0 N–H and O–H groups in total. The number of hydrogen-bond acceptors (Lipinski definition) is 5. The van der Waals surface area contributed by atoms with E-state index in [1.54, 1.807) is 24.3 Å². The molecule has 1 aromatic rings. The van der Waals surface area contributed by atoms with E-state index in [9.17, 15) is 9.59 Å². The maximum absolute atomic E-state index is 11.8. The molecule has 0 bridgehead atoms. The topological polar surface area (TPSA) is 61.8 Å². The van der Waals surface area contributed by atoms with Crippen LogP contribution in [0.2, 0.25) is 0 Å². The second-order valence-electron chi connectivity index (χ2n) is 5.18. The number of rotatable bonds is 4. The van der Waals surface area contributed by atoms with Gasteiger partial charge in [0.25, 0.3) is 0 Å². The average Bonchev–Trinajstić information content (AvgIpc) is 2.75. The lowest BCUT2D eigenvalue weighted by molar-refractivity contribution is -0.142. The quantitative estimate of drug-likeness (QED) is 0.624. The van der Waals surface area contributed by atoms with Gasteiger partial charge in [-0.05, 0) is 32.9 Å². The molecule has 1 unspecified atom stereocenters. The van der Waals surface area contributed by atoms with E-state index >= 15 is 0 Å². The first kappa shape index (κ1) is 14.7. The number of carbonyl (C=O) groups is 2. The molecular formula is C15H18O5. The van der Waals surface area contributed by atoms with Gasteiger partial charge in [-0.25, -0.2) is 4.79 Å². The third-order valence-corrected chi connectivity index (χ3v) is 2.99. The summed E-state index contributed by atoms with van der Waals surface area (Å²) in [7, 11) is 0. The van der Waals surface area contributed by atoms with Gasteiger partial charge in [0.1, 0.15) is 12.7 Å². The number of ether oxygens (including phenoxy) is 3. The molecule has 0 radical (unpaired) electrons. The van der Waals surface area contributed by atoms with Crippen LogP contribution in [0.25, 0.3) is 0 Å². The van der Waals surface area contributed by atoms with Gasteiger partial charge in [-0.1, -0.05) is 12.1 Å². The average molecular weight is 278 g/mol. The van der Waals surface area contributed by atoms with E-state index < -0.39 is 11.8 Å². The Morgan fingerprint density at radius 2 is 1.85 bits per heavy atom. The third kappa shape index (κ3) is 3.65. The summed E-state index contributed by atoms with van der Waals surface area (Å²) in [5.41, 5.74) is 0.976. The van der Waals surface area contributed by atoms with Crippen LogP contribution < -0.4 is 0 Å². The van der Waals surface area contributed by atoms with Gasteiger partial charge in [0.2, 0.25) is 0 Å². The molecule has 0 aliphatic carbocycles. The van der Waals surface area contributed by atoms with E-state index in [-0.39, 0.29) is 18.5 Å². The van der Waals surface area contributed by atoms with Crippen molar-refractivity contribution in [2.45, 2.75) is 32.7 Å². The molecule has 0 spiro atoms. The fourth-order valence-electron chi connectivity index (χ4n) is 1.94. The molecule has 1 heterocycles. The molecule has 1 aliphatic rings. The van der Waals surface area contributed by atoms with E-state index in [1.807, 2.05) is 13.8 Å². The zero-order chi connectivity index (χ0) is 14.8. The first-order chi connectivity index (χ1) is 9.37. The Morgan fingerprint density at radius 1 is 1.25 bits per heavy atom. The van der Waals surface area contributed by atoms with Crippen molar-refractivity contribution in [3.05, 3.63) is 35.4 Å². The number of carbonyl (C=O) groups excluding carboxylic acids is 2. The van der Waals surface area contributed by atoms with Crippen molar-refractivity contribution in [1.82, 2.24) is 0 Å². The van der Waals surface area contributed by atoms with Gasteiger partial charge in [0, 0.05) is 5.56 Å². The van der Waals surface area contributed by atoms with Crippen LogP contribution in [0.1, 0.15) is 41.5 Å². The van der Waals surface area contributed by atoms with Crippen LogP contribution in [0.15, 0.2) is 24.3 Å². The Labute approximate surface area is 117 Å². The van der Waals surface area contributed by atoms with E-state index in [0.29, 0.717) is 17.7 Å². The van der Waals surface area contributed by atoms with E-state index in [0.717, 1.165) is 0 Å². The summed E-state index contributed by atoms with van der Waals surface area (Å²) >= 11 is 0. The zero-order valence-electron chi connectivity index (χ0n) is 11.8. The summed E-state index contributed by atoms with van der Waals surface area (Å²) in [5.74, 6) is -1.10. The molecule has 1 atom stereocenters. The van der Waals surface area contributed by atoms with Crippen LogP contribution in [0, 0.1) is 0 Å². The normalized spacial score (nSPS) is 20.6. The van der Waals surface area contributed by atoms with Crippen molar-refractivity contribution in [3.63, 3.8) is 0 Å². The Bertz CT molecular complexity index is 504. The Kier molecular flexibility index (Phi) is 4.20. The van der Waals surface area contributed by atoms with E-state index in [4.69, 9.17) is 14.2 Å². The van der Waals surface area contributed by atoms with Gasteiger partial charge in [-0.3, -0.25) is 4.79 Å². The summed E-state index contributed by atoms with van der Waals surface area (Å²) < 4.78 is 16.1. The number of benzene rings is 1. The van der Waals surface area contributed by atoms with Gasteiger partial charge >= 0.3 is 5.97 Å². The highest BCUT2D eigenvalue weighted by Crippen LogP contribution is 2.22. The first-order valence-corrected chi connectivity index (χ1v) is 6.47. The number of Topliss-reactive ketones (excluding diaryl/α,β-unsaturated/α-hetero) is 1. The zero-order valence-corrected chi connectivity index (χ0v) is 11.8. The minimum absolute atomic E-state index is 0.0383. The third-order valence-electron chi connectivity index (χ3n) is 2.99. The Balaban J connectivity index is 1.87. The van der Waals surface area contributed by atoms with Gasteiger partial charge in [0.15, 0.2) is 11.6 Å². The van der Waals surface area contributed by atoms with Gasteiger partial charge in [0.05, 0.1) is 12.2 Å². The molecule has 0 amide bonds. The van der Waals surface area contributed by atoms with Crippen molar-refractivity contribution in [1.29, 1.82) is 0 Å². The van der Waals surface area contributed by atoms with Crippen LogP contribution >= 0.6 is 0 Å². The molecule has 0 saturated carbocycles. The maximum Gasteiger partial charge on any atom is 0.338 e. The largest absolute Gasteiger partial charge is 0.459 e. The van der Waals surface area contributed by atoms with Gasteiger partial charge in [-0.2, -0.15) is 0 Å². The lowest BCUT2D eigenvalue weighted by Crippen LogP contribution is -2.25. The minimum atomic E-state index is -0.625. The number of hydrogen-bond donors (Lipinski definition) is 0. The monoisotopic (exact) mass is 278 g/mol. The molecule has 5 heteroatoms. The number of esters is 1. The van der Waals surface area contributed by atoms with Crippen LogP contribution in [-0.4, -0.2) is 36.9 Å². The minimum Gasteiger partial charge on any atom is -0.459 e. The van der Waals surface area contributed by atoms with Crippen molar-refractivity contribution < 1.29 is 23.8 Å². The fourth-order valence-corrected chi connectivity index (χ4v) is 1.94.